The van der Waals surface area contributed by atoms with Crippen molar-refractivity contribution in [3.63, 3.8) is 0 Å². The highest BCUT2D eigenvalue weighted by Crippen LogP contribution is 2.25. The molecule has 1 N–H and O–H groups in total. The molecule has 1 aromatic carbocycles. The number of hydrogen-bond acceptors (Lipinski definition) is 4. The van der Waals surface area contributed by atoms with Crippen molar-refractivity contribution in [2.45, 2.75) is 26.4 Å². The number of benzene rings is 1. The highest BCUT2D eigenvalue weighted by molar-refractivity contribution is 6.32. The molecule has 2 aromatic rings. The van der Waals surface area contributed by atoms with E-state index in [0.29, 0.717) is 13.1 Å². The van der Waals surface area contributed by atoms with E-state index in [0.717, 1.165) is 23.2 Å². The lowest BCUT2D eigenvalue weighted by molar-refractivity contribution is -0.384. The number of nitrogens with zero attached hydrogens (tertiary/aromatic N) is 3. The minimum atomic E-state index is -0.470. The first-order valence-corrected chi connectivity index (χ1v) is 7.04. The summed E-state index contributed by atoms with van der Waals surface area (Å²) in [6, 6.07) is 4.84. The summed E-state index contributed by atoms with van der Waals surface area (Å²) in [6.07, 6.45) is 2.86. The fraction of sp³-hybridized carbons (Fsp3) is 0.357. The molecule has 0 saturated heterocycles. The molecular formula is C14H17ClN4O2. The number of aromatic nitrogens is 2. The number of nitrogens with one attached hydrogen (secondary N) is 1. The number of nitro benzene ring substituents is 1. The number of nitro groups is 1. The third-order valence-electron chi connectivity index (χ3n) is 3.18. The summed E-state index contributed by atoms with van der Waals surface area (Å²) in [7, 11) is 1.89. The molecule has 0 bridgehead atoms. The highest BCUT2D eigenvalue weighted by Gasteiger charge is 2.12. The normalized spacial score (nSPS) is 10.8. The quantitative estimate of drug-likeness (QED) is 0.658. The van der Waals surface area contributed by atoms with Gasteiger partial charge in [-0.05, 0) is 18.1 Å². The fourth-order valence-corrected chi connectivity index (χ4v) is 2.37. The topological polar surface area (TPSA) is 73.0 Å². The van der Waals surface area contributed by atoms with E-state index in [1.807, 2.05) is 13.2 Å². The van der Waals surface area contributed by atoms with Crippen LogP contribution in [-0.2, 0) is 26.6 Å². The molecule has 0 saturated carbocycles. The molecule has 6 nitrogen and oxygen atoms in total. The molecule has 7 heteroatoms. The first-order chi connectivity index (χ1) is 10.0. The number of hydrogen-bond donors (Lipinski definition) is 1. The van der Waals surface area contributed by atoms with E-state index in [9.17, 15) is 10.1 Å². The first kappa shape index (κ1) is 15.5. The van der Waals surface area contributed by atoms with Crippen molar-refractivity contribution in [2.24, 2.45) is 7.05 Å². The van der Waals surface area contributed by atoms with E-state index in [-0.39, 0.29) is 10.7 Å². The van der Waals surface area contributed by atoms with Gasteiger partial charge in [-0.2, -0.15) is 5.10 Å². The van der Waals surface area contributed by atoms with E-state index in [1.165, 1.54) is 6.07 Å². The van der Waals surface area contributed by atoms with Crippen LogP contribution in [0.3, 0.4) is 0 Å². The average molecular weight is 309 g/mol. The molecular weight excluding hydrogens is 292 g/mol. The van der Waals surface area contributed by atoms with Crippen LogP contribution in [0, 0.1) is 10.1 Å². The molecule has 0 atom stereocenters. The number of halogens is 1. The molecule has 21 heavy (non-hydrogen) atoms. The fourth-order valence-electron chi connectivity index (χ4n) is 2.18. The Hall–Kier alpha value is -1.92. The minimum Gasteiger partial charge on any atom is -0.308 e. The van der Waals surface area contributed by atoms with Crippen molar-refractivity contribution in [1.29, 1.82) is 0 Å². The van der Waals surface area contributed by atoms with Gasteiger partial charge in [0.2, 0.25) is 0 Å². The van der Waals surface area contributed by atoms with E-state index in [4.69, 9.17) is 11.6 Å². The number of rotatable bonds is 6. The molecule has 0 radical (unpaired) electrons. The highest BCUT2D eigenvalue weighted by atomic mass is 35.5. The molecule has 0 amide bonds. The van der Waals surface area contributed by atoms with Gasteiger partial charge in [0.05, 0.1) is 10.6 Å². The van der Waals surface area contributed by atoms with E-state index < -0.39 is 4.92 Å². The zero-order valence-electron chi connectivity index (χ0n) is 12.0. The summed E-state index contributed by atoms with van der Waals surface area (Å²) in [5.41, 5.74) is 2.97. The van der Waals surface area contributed by atoms with E-state index >= 15 is 0 Å². The zero-order chi connectivity index (χ0) is 15.4. The van der Waals surface area contributed by atoms with Crippen LogP contribution in [0.25, 0.3) is 0 Å². The van der Waals surface area contributed by atoms with Crippen LogP contribution < -0.4 is 5.32 Å². The third-order valence-corrected chi connectivity index (χ3v) is 3.50. The Balaban J connectivity index is 2.00. The van der Waals surface area contributed by atoms with Gasteiger partial charge < -0.3 is 5.32 Å². The maximum absolute atomic E-state index is 10.8. The van der Waals surface area contributed by atoms with Gasteiger partial charge >= 0.3 is 0 Å². The Morgan fingerprint density at radius 2 is 2.19 bits per heavy atom. The Bertz CT molecular complexity index is 654. The molecule has 2 rings (SSSR count). The van der Waals surface area contributed by atoms with Crippen molar-refractivity contribution >= 4 is 17.3 Å². The molecule has 0 aliphatic carbocycles. The lowest BCUT2D eigenvalue weighted by Gasteiger charge is -2.05. The lowest BCUT2D eigenvalue weighted by Crippen LogP contribution is -2.13. The largest absolute Gasteiger partial charge is 0.308 e. The van der Waals surface area contributed by atoms with Gasteiger partial charge in [0.15, 0.2) is 0 Å². The van der Waals surface area contributed by atoms with Gasteiger partial charge in [-0.3, -0.25) is 14.8 Å². The summed E-state index contributed by atoms with van der Waals surface area (Å²) in [4.78, 5) is 10.4. The maximum Gasteiger partial charge on any atom is 0.288 e. The van der Waals surface area contributed by atoms with Crippen LogP contribution in [0.15, 0.2) is 24.4 Å². The maximum atomic E-state index is 10.8. The van der Waals surface area contributed by atoms with E-state index in [1.54, 1.807) is 16.8 Å². The van der Waals surface area contributed by atoms with Gasteiger partial charge in [-0.25, -0.2) is 0 Å². The first-order valence-electron chi connectivity index (χ1n) is 6.66. The van der Waals surface area contributed by atoms with Crippen LogP contribution in [0.1, 0.15) is 23.7 Å². The van der Waals surface area contributed by atoms with Crippen LogP contribution in [0.4, 0.5) is 5.69 Å². The van der Waals surface area contributed by atoms with Crippen molar-refractivity contribution in [1.82, 2.24) is 15.1 Å². The van der Waals surface area contributed by atoms with Crippen molar-refractivity contribution in [3.05, 3.63) is 56.4 Å². The predicted octanol–water partition coefficient (Wildman–Crippen LogP) is 2.83. The van der Waals surface area contributed by atoms with Crippen LogP contribution in [-0.4, -0.2) is 14.7 Å². The standard InChI is InChI=1S/C14H17ClN4O2/c1-3-13-11(9-18(2)17-13)8-16-7-10-4-5-12(15)14(6-10)19(20)21/h4-6,9,16H,3,7-8H2,1-2H3. The Kier molecular flexibility index (Phi) is 4.93. The zero-order valence-corrected chi connectivity index (χ0v) is 12.7. The molecule has 0 aliphatic rings. The van der Waals surface area contributed by atoms with Gasteiger partial charge in [-0.15, -0.1) is 0 Å². The summed E-state index contributed by atoms with van der Waals surface area (Å²) in [5.74, 6) is 0. The van der Waals surface area contributed by atoms with Gasteiger partial charge in [0.1, 0.15) is 5.02 Å². The lowest BCUT2D eigenvalue weighted by atomic mass is 10.2. The Morgan fingerprint density at radius 3 is 2.86 bits per heavy atom. The summed E-state index contributed by atoms with van der Waals surface area (Å²) in [6.45, 7) is 3.28. The van der Waals surface area contributed by atoms with Crippen molar-refractivity contribution < 1.29 is 4.92 Å². The number of aryl methyl sites for hydroxylation is 2. The second kappa shape index (κ2) is 6.69. The summed E-state index contributed by atoms with van der Waals surface area (Å²) in [5, 5.41) is 18.6. The third kappa shape index (κ3) is 3.80. The van der Waals surface area contributed by atoms with Gasteiger partial charge in [-0.1, -0.05) is 24.6 Å². The molecule has 112 valence electrons. The summed E-state index contributed by atoms with van der Waals surface area (Å²) >= 11 is 5.79. The van der Waals surface area contributed by atoms with Crippen LogP contribution in [0.5, 0.6) is 0 Å². The molecule has 0 fully saturated rings. The molecule has 0 spiro atoms. The van der Waals surface area contributed by atoms with Gasteiger partial charge in [0.25, 0.3) is 5.69 Å². The van der Waals surface area contributed by atoms with Crippen LogP contribution >= 0.6 is 11.6 Å². The second-order valence-corrected chi connectivity index (χ2v) is 5.18. The molecule has 0 unspecified atom stereocenters. The minimum absolute atomic E-state index is 0.0633. The van der Waals surface area contributed by atoms with E-state index in [2.05, 4.69) is 17.3 Å². The molecule has 1 heterocycles. The monoisotopic (exact) mass is 308 g/mol. The molecule has 1 aromatic heterocycles. The smallest absolute Gasteiger partial charge is 0.288 e. The SMILES string of the molecule is CCc1nn(C)cc1CNCc1ccc(Cl)c([N+](=O)[O-])c1. The summed E-state index contributed by atoms with van der Waals surface area (Å²) < 4.78 is 1.79. The van der Waals surface area contributed by atoms with Crippen molar-refractivity contribution in [2.75, 3.05) is 0 Å². The second-order valence-electron chi connectivity index (χ2n) is 4.77. The van der Waals surface area contributed by atoms with Crippen molar-refractivity contribution in [3.8, 4) is 0 Å². The predicted molar refractivity (Wildman–Crippen MR) is 81.2 cm³/mol. The van der Waals surface area contributed by atoms with Gasteiger partial charge in [0, 0.05) is 38.0 Å². The Morgan fingerprint density at radius 1 is 1.43 bits per heavy atom. The average Bonchev–Trinajstić information content (AvgIpc) is 2.80. The van der Waals surface area contributed by atoms with Crippen LogP contribution in [0.2, 0.25) is 5.02 Å². The Labute approximate surface area is 127 Å². The molecule has 0 aliphatic heterocycles.